The first-order valence-corrected chi connectivity index (χ1v) is 10.6. The molecule has 2 amide bonds. The van der Waals surface area contributed by atoms with Crippen LogP contribution in [0.1, 0.15) is 49.5 Å². The molecule has 1 aliphatic rings. The number of halogens is 2. The van der Waals surface area contributed by atoms with Crippen LogP contribution in [0.25, 0.3) is 0 Å². The summed E-state index contributed by atoms with van der Waals surface area (Å²) in [5.41, 5.74) is 2.58. The molecule has 2 aromatic rings. The molecule has 29 heavy (non-hydrogen) atoms. The van der Waals surface area contributed by atoms with Gasteiger partial charge in [0.1, 0.15) is 0 Å². The number of carbonyl (C=O) groups excluding carboxylic acids is 2. The molecule has 0 radical (unpaired) electrons. The molecule has 3 rings (SSSR count). The van der Waals surface area contributed by atoms with E-state index in [-0.39, 0.29) is 23.1 Å². The van der Waals surface area contributed by atoms with Crippen molar-refractivity contribution in [1.29, 1.82) is 0 Å². The van der Waals surface area contributed by atoms with Crippen molar-refractivity contribution in [3.05, 3.63) is 63.6 Å². The number of likely N-dealkylation sites (tertiary alicyclic amines) is 1. The fourth-order valence-corrected chi connectivity index (χ4v) is 3.76. The lowest BCUT2D eigenvalue weighted by atomic mass is 9.86. The van der Waals surface area contributed by atoms with Crippen LogP contribution in [0, 0.1) is 5.92 Å². The van der Waals surface area contributed by atoms with Crippen molar-refractivity contribution in [2.75, 3.05) is 18.4 Å². The Morgan fingerprint density at radius 3 is 2.14 bits per heavy atom. The van der Waals surface area contributed by atoms with Gasteiger partial charge >= 0.3 is 0 Å². The Bertz CT molecular complexity index is 896. The quantitative estimate of drug-likeness (QED) is 0.667. The number of nitrogens with one attached hydrogen (secondary N) is 1. The smallest absolute Gasteiger partial charge is 0.253 e. The van der Waals surface area contributed by atoms with E-state index in [0.717, 1.165) is 0 Å². The van der Waals surface area contributed by atoms with Gasteiger partial charge in [0.25, 0.3) is 5.91 Å². The molecule has 4 nitrogen and oxygen atoms in total. The molecular weight excluding hydrogens is 407 g/mol. The Kier molecular flexibility index (Phi) is 6.55. The van der Waals surface area contributed by atoms with E-state index in [1.807, 2.05) is 29.2 Å². The fraction of sp³-hybridized carbons (Fsp3) is 0.391. The summed E-state index contributed by atoms with van der Waals surface area (Å²) >= 11 is 11.9. The highest BCUT2D eigenvalue weighted by Gasteiger charge is 2.28. The second-order valence-electron chi connectivity index (χ2n) is 8.51. The zero-order valence-corrected chi connectivity index (χ0v) is 18.5. The molecule has 1 fully saturated rings. The number of hydrogen-bond donors (Lipinski definition) is 1. The number of carbonyl (C=O) groups is 2. The molecule has 0 unspecified atom stereocenters. The number of nitrogens with zero attached hydrogens (tertiary/aromatic N) is 1. The maximum absolute atomic E-state index is 12.8. The Balaban J connectivity index is 1.56. The highest BCUT2D eigenvalue weighted by Crippen LogP contribution is 2.27. The van der Waals surface area contributed by atoms with Crippen LogP contribution in [0.5, 0.6) is 0 Å². The number of anilines is 1. The standard InChI is InChI=1S/C23H26Cl2N2O2/c1-23(2,3)17-6-4-16(5-7-17)22(29)27-12-10-15(11-13-27)21(28)26-18-8-9-19(24)20(25)14-18/h4-9,14-15H,10-13H2,1-3H3,(H,26,28). The van der Waals surface area contributed by atoms with Crippen molar-refractivity contribution in [3.63, 3.8) is 0 Å². The normalized spacial score (nSPS) is 15.3. The minimum atomic E-state index is -0.128. The topological polar surface area (TPSA) is 49.4 Å². The summed E-state index contributed by atoms with van der Waals surface area (Å²) in [5.74, 6) is -0.157. The number of rotatable bonds is 3. The molecule has 0 saturated carbocycles. The first-order chi connectivity index (χ1) is 13.6. The van der Waals surface area contributed by atoms with E-state index >= 15 is 0 Å². The number of amides is 2. The van der Waals surface area contributed by atoms with Gasteiger partial charge in [0.2, 0.25) is 5.91 Å². The van der Waals surface area contributed by atoms with Gasteiger partial charge in [-0.3, -0.25) is 9.59 Å². The van der Waals surface area contributed by atoms with Crippen molar-refractivity contribution >= 4 is 40.7 Å². The molecule has 0 bridgehead atoms. The van der Waals surface area contributed by atoms with Crippen LogP contribution in [-0.4, -0.2) is 29.8 Å². The largest absolute Gasteiger partial charge is 0.339 e. The van der Waals surface area contributed by atoms with Gasteiger partial charge in [-0.15, -0.1) is 0 Å². The summed E-state index contributed by atoms with van der Waals surface area (Å²) in [5, 5.41) is 3.75. The van der Waals surface area contributed by atoms with Gasteiger partial charge in [0.15, 0.2) is 0 Å². The summed E-state index contributed by atoms with van der Waals surface area (Å²) < 4.78 is 0. The molecular formula is C23H26Cl2N2O2. The lowest BCUT2D eigenvalue weighted by molar-refractivity contribution is -0.121. The monoisotopic (exact) mass is 432 g/mol. The van der Waals surface area contributed by atoms with E-state index in [2.05, 4.69) is 26.1 Å². The SMILES string of the molecule is CC(C)(C)c1ccc(C(=O)N2CCC(C(=O)Nc3ccc(Cl)c(Cl)c3)CC2)cc1. The van der Waals surface area contributed by atoms with Crippen LogP contribution in [-0.2, 0) is 10.2 Å². The minimum Gasteiger partial charge on any atom is -0.339 e. The van der Waals surface area contributed by atoms with Gasteiger partial charge in [0.05, 0.1) is 10.0 Å². The zero-order chi connectivity index (χ0) is 21.2. The Labute approximate surface area is 182 Å². The maximum Gasteiger partial charge on any atom is 0.253 e. The van der Waals surface area contributed by atoms with E-state index in [1.165, 1.54) is 5.56 Å². The van der Waals surface area contributed by atoms with E-state index in [4.69, 9.17) is 23.2 Å². The van der Waals surface area contributed by atoms with Crippen molar-refractivity contribution in [1.82, 2.24) is 4.90 Å². The number of piperidine rings is 1. The minimum absolute atomic E-state index is 0.0220. The van der Waals surface area contributed by atoms with E-state index in [9.17, 15) is 9.59 Å². The summed E-state index contributed by atoms with van der Waals surface area (Å²) in [6.07, 6.45) is 1.28. The molecule has 1 heterocycles. The maximum atomic E-state index is 12.8. The molecule has 0 aliphatic carbocycles. The summed E-state index contributed by atoms with van der Waals surface area (Å²) in [6, 6.07) is 12.9. The van der Waals surface area contributed by atoms with Crippen molar-refractivity contribution in [3.8, 4) is 0 Å². The lowest BCUT2D eigenvalue weighted by Gasteiger charge is -2.31. The third kappa shape index (κ3) is 5.31. The van der Waals surface area contributed by atoms with Crippen molar-refractivity contribution < 1.29 is 9.59 Å². The lowest BCUT2D eigenvalue weighted by Crippen LogP contribution is -2.41. The Morgan fingerprint density at radius 1 is 0.966 bits per heavy atom. The van der Waals surface area contributed by atoms with Crippen molar-refractivity contribution in [2.45, 2.75) is 39.0 Å². The first-order valence-electron chi connectivity index (χ1n) is 9.81. The van der Waals surface area contributed by atoms with Crippen molar-refractivity contribution in [2.24, 2.45) is 5.92 Å². The second-order valence-corrected chi connectivity index (χ2v) is 9.33. The van der Waals surface area contributed by atoms with Crippen LogP contribution in [0.3, 0.4) is 0 Å². The molecule has 0 spiro atoms. The molecule has 1 aliphatic heterocycles. The third-order valence-corrected chi connectivity index (χ3v) is 6.08. The second kappa shape index (κ2) is 8.76. The van der Waals surface area contributed by atoms with Gasteiger partial charge in [-0.1, -0.05) is 56.1 Å². The van der Waals surface area contributed by atoms with Crippen LogP contribution in [0.4, 0.5) is 5.69 Å². The molecule has 6 heteroatoms. The molecule has 1 N–H and O–H groups in total. The highest BCUT2D eigenvalue weighted by molar-refractivity contribution is 6.42. The van der Waals surface area contributed by atoms with Gasteiger partial charge in [0, 0.05) is 30.3 Å². The van der Waals surface area contributed by atoms with E-state index in [1.54, 1.807) is 18.2 Å². The van der Waals surface area contributed by atoms with Crippen LogP contribution in [0.2, 0.25) is 10.0 Å². The molecule has 154 valence electrons. The Morgan fingerprint density at radius 2 is 1.59 bits per heavy atom. The Hall–Kier alpha value is -2.04. The fourth-order valence-electron chi connectivity index (χ4n) is 3.46. The highest BCUT2D eigenvalue weighted by atomic mass is 35.5. The zero-order valence-electron chi connectivity index (χ0n) is 17.0. The van der Waals surface area contributed by atoms with Gasteiger partial charge in [-0.05, 0) is 54.2 Å². The molecule has 1 saturated heterocycles. The van der Waals surface area contributed by atoms with Crippen LogP contribution in [0.15, 0.2) is 42.5 Å². The summed E-state index contributed by atoms with van der Waals surface area (Å²) in [7, 11) is 0. The molecule has 0 aromatic heterocycles. The summed E-state index contributed by atoms with van der Waals surface area (Å²) in [4.78, 5) is 27.2. The van der Waals surface area contributed by atoms with E-state index < -0.39 is 0 Å². The number of benzene rings is 2. The average molecular weight is 433 g/mol. The first kappa shape index (κ1) is 21.7. The van der Waals surface area contributed by atoms with E-state index in [0.29, 0.717) is 47.2 Å². The predicted molar refractivity (Wildman–Crippen MR) is 119 cm³/mol. The average Bonchev–Trinajstić information content (AvgIpc) is 2.70. The summed E-state index contributed by atoms with van der Waals surface area (Å²) in [6.45, 7) is 7.59. The van der Waals surface area contributed by atoms with Crippen LogP contribution < -0.4 is 5.32 Å². The van der Waals surface area contributed by atoms with Gasteiger partial charge in [-0.2, -0.15) is 0 Å². The van der Waals surface area contributed by atoms with Gasteiger partial charge < -0.3 is 10.2 Å². The molecule has 2 aromatic carbocycles. The number of hydrogen-bond acceptors (Lipinski definition) is 2. The predicted octanol–water partition coefficient (Wildman–Crippen LogP) is 5.78. The molecule has 0 atom stereocenters. The van der Waals surface area contributed by atoms with Crippen LogP contribution >= 0.6 is 23.2 Å². The van der Waals surface area contributed by atoms with Gasteiger partial charge in [-0.25, -0.2) is 0 Å². The third-order valence-electron chi connectivity index (χ3n) is 5.34.